The first-order chi connectivity index (χ1) is 6.68. The minimum atomic E-state index is -0.717. The van der Waals surface area contributed by atoms with Crippen molar-refractivity contribution in [2.45, 2.75) is 31.9 Å². The summed E-state index contributed by atoms with van der Waals surface area (Å²) in [6.07, 6.45) is 1.78. The van der Waals surface area contributed by atoms with Gasteiger partial charge in [0.15, 0.2) is 5.82 Å². The molecule has 0 saturated carbocycles. The molecule has 1 aliphatic heterocycles. The topological polar surface area (TPSA) is 75.9 Å². The minimum absolute atomic E-state index is 0.418. The average Bonchev–Trinajstić information content (AvgIpc) is 2.51. The number of tetrazole rings is 1. The summed E-state index contributed by atoms with van der Waals surface area (Å²) in [6.45, 7) is 3.78. The van der Waals surface area contributed by atoms with Gasteiger partial charge in [0.2, 0.25) is 0 Å². The molecule has 2 N–H and O–H groups in total. The molecule has 6 nitrogen and oxygen atoms in total. The summed E-state index contributed by atoms with van der Waals surface area (Å²) in [5.74, 6) is 0.636. The highest BCUT2D eigenvalue weighted by molar-refractivity contribution is 4.84. The van der Waals surface area contributed by atoms with Gasteiger partial charge in [-0.05, 0) is 31.5 Å². The van der Waals surface area contributed by atoms with Crippen LogP contribution in [-0.4, -0.2) is 44.0 Å². The predicted octanol–water partition coefficient (Wildman–Crippen LogP) is -0.904. The Labute approximate surface area is 82.3 Å². The number of hydrogen-bond donors (Lipinski definition) is 2. The van der Waals surface area contributed by atoms with Crippen LogP contribution in [0, 0.1) is 6.92 Å². The fourth-order valence-corrected chi connectivity index (χ4v) is 1.74. The minimum Gasteiger partial charge on any atom is -0.387 e. The third-order valence-electron chi connectivity index (χ3n) is 2.44. The van der Waals surface area contributed by atoms with Crippen LogP contribution in [0.2, 0.25) is 0 Å². The smallest absolute Gasteiger partial charge is 0.171 e. The van der Waals surface area contributed by atoms with E-state index in [9.17, 15) is 5.11 Å². The van der Waals surface area contributed by atoms with Gasteiger partial charge in [0.05, 0.1) is 12.1 Å². The van der Waals surface area contributed by atoms with E-state index in [1.807, 2.05) is 0 Å². The SMILES string of the molecule is Cc1nnn(CC2(O)CCCNC2)n1. The summed E-state index contributed by atoms with van der Waals surface area (Å²) in [7, 11) is 0. The largest absolute Gasteiger partial charge is 0.387 e. The monoisotopic (exact) mass is 197 g/mol. The van der Waals surface area contributed by atoms with Gasteiger partial charge in [-0.15, -0.1) is 10.2 Å². The Bertz CT molecular complexity index is 304. The summed E-state index contributed by atoms with van der Waals surface area (Å²) in [5.41, 5.74) is -0.717. The number of rotatable bonds is 2. The molecule has 0 bridgehead atoms. The van der Waals surface area contributed by atoms with E-state index in [1.165, 1.54) is 4.80 Å². The second-order valence-electron chi connectivity index (χ2n) is 3.87. The number of piperidine rings is 1. The molecule has 78 valence electrons. The number of β-amino-alcohol motifs (C(OH)–C–C–N with tert-alkyl or cyclic N) is 1. The van der Waals surface area contributed by atoms with E-state index < -0.39 is 5.60 Å². The summed E-state index contributed by atoms with van der Waals surface area (Å²) in [4.78, 5) is 1.46. The van der Waals surface area contributed by atoms with Crippen molar-refractivity contribution in [2.24, 2.45) is 0 Å². The van der Waals surface area contributed by atoms with E-state index in [1.54, 1.807) is 6.92 Å². The Hall–Kier alpha value is -1.01. The molecule has 1 fully saturated rings. The van der Waals surface area contributed by atoms with Crippen molar-refractivity contribution in [2.75, 3.05) is 13.1 Å². The van der Waals surface area contributed by atoms with Gasteiger partial charge in [-0.25, -0.2) is 0 Å². The van der Waals surface area contributed by atoms with Crippen molar-refractivity contribution in [1.82, 2.24) is 25.5 Å². The molecule has 14 heavy (non-hydrogen) atoms. The van der Waals surface area contributed by atoms with Crippen molar-refractivity contribution in [3.63, 3.8) is 0 Å². The van der Waals surface area contributed by atoms with Crippen LogP contribution in [-0.2, 0) is 6.54 Å². The van der Waals surface area contributed by atoms with E-state index in [2.05, 4.69) is 20.7 Å². The quantitative estimate of drug-likeness (QED) is 0.642. The Kier molecular flexibility index (Phi) is 2.47. The van der Waals surface area contributed by atoms with Crippen molar-refractivity contribution in [3.05, 3.63) is 5.82 Å². The van der Waals surface area contributed by atoms with Crippen LogP contribution < -0.4 is 5.32 Å². The number of aromatic nitrogens is 4. The molecule has 0 radical (unpaired) electrons. The van der Waals surface area contributed by atoms with E-state index in [0.717, 1.165) is 19.4 Å². The first-order valence-corrected chi connectivity index (χ1v) is 4.85. The lowest BCUT2D eigenvalue weighted by Gasteiger charge is -2.31. The van der Waals surface area contributed by atoms with Crippen LogP contribution in [0.3, 0.4) is 0 Å². The molecule has 0 aromatic carbocycles. The van der Waals surface area contributed by atoms with Crippen LogP contribution >= 0.6 is 0 Å². The lowest BCUT2D eigenvalue weighted by molar-refractivity contribution is -0.00612. The zero-order valence-corrected chi connectivity index (χ0v) is 8.27. The van der Waals surface area contributed by atoms with Crippen LogP contribution in [0.1, 0.15) is 18.7 Å². The molecule has 0 spiro atoms. The third kappa shape index (κ3) is 2.08. The van der Waals surface area contributed by atoms with Gasteiger partial charge in [-0.2, -0.15) is 4.80 Å². The van der Waals surface area contributed by atoms with Crippen molar-refractivity contribution < 1.29 is 5.11 Å². The molecule has 1 aromatic rings. The van der Waals surface area contributed by atoms with E-state index in [4.69, 9.17) is 0 Å². The zero-order chi connectivity index (χ0) is 10.0. The summed E-state index contributed by atoms with van der Waals surface area (Å²) in [6, 6.07) is 0. The molecular weight excluding hydrogens is 182 g/mol. The van der Waals surface area contributed by atoms with Crippen molar-refractivity contribution in [3.8, 4) is 0 Å². The molecule has 1 saturated heterocycles. The van der Waals surface area contributed by atoms with Gasteiger partial charge in [-0.1, -0.05) is 0 Å². The molecule has 0 aliphatic carbocycles. The second-order valence-corrected chi connectivity index (χ2v) is 3.87. The van der Waals surface area contributed by atoms with Gasteiger partial charge < -0.3 is 10.4 Å². The van der Waals surface area contributed by atoms with E-state index in [0.29, 0.717) is 18.9 Å². The highest BCUT2D eigenvalue weighted by Gasteiger charge is 2.30. The fourth-order valence-electron chi connectivity index (χ4n) is 1.74. The number of aliphatic hydroxyl groups is 1. The number of hydrogen-bond acceptors (Lipinski definition) is 5. The molecule has 1 aliphatic rings. The van der Waals surface area contributed by atoms with Crippen LogP contribution in [0.4, 0.5) is 0 Å². The molecule has 0 amide bonds. The molecule has 1 unspecified atom stereocenters. The highest BCUT2D eigenvalue weighted by atomic mass is 16.3. The van der Waals surface area contributed by atoms with Crippen LogP contribution in [0.15, 0.2) is 0 Å². The lowest BCUT2D eigenvalue weighted by Crippen LogP contribution is -2.48. The van der Waals surface area contributed by atoms with Crippen LogP contribution in [0.25, 0.3) is 0 Å². The summed E-state index contributed by atoms with van der Waals surface area (Å²) >= 11 is 0. The summed E-state index contributed by atoms with van der Waals surface area (Å²) in [5, 5.41) is 25.0. The normalized spacial score (nSPS) is 27.9. The van der Waals surface area contributed by atoms with Gasteiger partial charge >= 0.3 is 0 Å². The molecule has 1 aromatic heterocycles. The van der Waals surface area contributed by atoms with Crippen LogP contribution in [0.5, 0.6) is 0 Å². The standard InChI is InChI=1S/C8H15N5O/c1-7-10-12-13(11-7)6-8(14)3-2-4-9-5-8/h9,14H,2-6H2,1H3. The molecule has 1 atom stereocenters. The third-order valence-corrected chi connectivity index (χ3v) is 2.44. The maximum Gasteiger partial charge on any atom is 0.171 e. The highest BCUT2D eigenvalue weighted by Crippen LogP contribution is 2.17. The Morgan fingerprint density at radius 3 is 3.07 bits per heavy atom. The first-order valence-electron chi connectivity index (χ1n) is 4.85. The Morgan fingerprint density at radius 1 is 1.64 bits per heavy atom. The lowest BCUT2D eigenvalue weighted by atomic mass is 9.94. The number of nitrogens with zero attached hydrogens (tertiary/aromatic N) is 4. The van der Waals surface area contributed by atoms with E-state index >= 15 is 0 Å². The molecule has 2 rings (SSSR count). The molecule has 6 heteroatoms. The second kappa shape index (κ2) is 3.62. The number of nitrogens with one attached hydrogen (secondary N) is 1. The first kappa shape index (κ1) is 9.54. The average molecular weight is 197 g/mol. The maximum atomic E-state index is 10.1. The number of aryl methyl sites for hydroxylation is 1. The van der Waals surface area contributed by atoms with Crippen molar-refractivity contribution >= 4 is 0 Å². The maximum absolute atomic E-state index is 10.1. The molecule has 2 heterocycles. The van der Waals surface area contributed by atoms with Gasteiger partial charge in [0, 0.05) is 6.54 Å². The van der Waals surface area contributed by atoms with Gasteiger partial charge in [0.1, 0.15) is 0 Å². The predicted molar refractivity (Wildman–Crippen MR) is 49.6 cm³/mol. The summed E-state index contributed by atoms with van der Waals surface area (Å²) < 4.78 is 0. The Morgan fingerprint density at radius 2 is 2.50 bits per heavy atom. The van der Waals surface area contributed by atoms with Crippen molar-refractivity contribution in [1.29, 1.82) is 0 Å². The fraction of sp³-hybridized carbons (Fsp3) is 0.875. The Balaban J connectivity index is 2.01. The zero-order valence-electron chi connectivity index (χ0n) is 8.27. The van der Waals surface area contributed by atoms with Gasteiger partial charge in [0.25, 0.3) is 0 Å². The molecular formula is C8H15N5O. The van der Waals surface area contributed by atoms with Gasteiger partial charge in [-0.3, -0.25) is 0 Å². The van der Waals surface area contributed by atoms with E-state index in [-0.39, 0.29) is 0 Å².